The van der Waals surface area contributed by atoms with Gasteiger partial charge in [0.05, 0.1) is 5.56 Å². The molecule has 4 aromatic rings. The summed E-state index contributed by atoms with van der Waals surface area (Å²) in [4.78, 5) is 34.3. The second-order valence-electron chi connectivity index (χ2n) is 9.04. The molecule has 3 aromatic carbocycles. The molecule has 0 aliphatic carbocycles. The van der Waals surface area contributed by atoms with Gasteiger partial charge in [-0.1, -0.05) is 24.3 Å². The lowest BCUT2D eigenvalue weighted by Crippen LogP contribution is -2.44. The Morgan fingerprint density at radius 1 is 0.947 bits per heavy atom. The van der Waals surface area contributed by atoms with Gasteiger partial charge in [0.15, 0.2) is 5.82 Å². The van der Waals surface area contributed by atoms with Gasteiger partial charge in [-0.05, 0) is 55.6 Å². The van der Waals surface area contributed by atoms with Gasteiger partial charge in [-0.3, -0.25) is 9.59 Å². The molecule has 0 radical (unpaired) electrons. The topological polar surface area (TPSA) is 104 Å². The molecule has 1 saturated heterocycles. The monoisotopic (exact) mass is 530 g/mol. The number of primary amides is 1. The van der Waals surface area contributed by atoms with Crippen LogP contribution >= 0.6 is 11.3 Å². The zero-order chi connectivity index (χ0) is 26.6. The van der Waals surface area contributed by atoms with Crippen molar-refractivity contribution in [3.05, 3.63) is 89.1 Å². The Kier molecular flexibility index (Phi) is 7.34. The van der Waals surface area contributed by atoms with Crippen LogP contribution in [0.4, 0.5) is 27.3 Å². The van der Waals surface area contributed by atoms with Gasteiger partial charge in [-0.2, -0.15) is 0 Å². The van der Waals surface area contributed by atoms with Gasteiger partial charge in [0.25, 0.3) is 11.8 Å². The molecule has 0 saturated carbocycles. The average Bonchev–Trinajstić information content (AvgIpc) is 3.34. The third kappa shape index (κ3) is 5.66. The molecule has 0 bridgehead atoms. The number of benzene rings is 3. The number of carbonyl (C=O) groups is 2. The zero-order valence-corrected chi connectivity index (χ0v) is 21.6. The first-order valence-electron chi connectivity index (χ1n) is 12.1. The Hall–Kier alpha value is -4.28. The van der Waals surface area contributed by atoms with E-state index in [0.717, 1.165) is 48.9 Å². The number of nitrogens with zero attached hydrogens (tertiary/aromatic N) is 3. The normalized spacial score (nSPS) is 13.8. The number of carbonyl (C=O) groups excluding carboxylic acids is 2. The summed E-state index contributed by atoms with van der Waals surface area (Å²) in [6, 6.07) is 20.8. The van der Waals surface area contributed by atoms with Crippen LogP contribution in [0.2, 0.25) is 0 Å². The SMILES string of the molecule is CN1CCN(c2ccc(Nc3nc(-c4cccc(NC(=O)c5ccccc5F)c4)sc3C(N)=O)cc2)CC1. The minimum Gasteiger partial charge on any atom is -0.369 e. The van der Waals surface area contributed by atoms with Crippen molar-refractivity contribution in [3.63, 3.8) is 0 Å². The fourth-order valence-corrected chi connectivity index (χ4v) is 5.10. The molecule has 2 heterocycles. The standard InChI is InChI=1S/C28H27FN6O2S/c1-34-13-15-35(16-14-34)21-11-9-19(10-12-21)31-26-24(25(30)36)38-28(33-26)18-5-4-6-20(17-18)32-27(37)22-7-2-3-8-23(22)29/h2-12,17,31H,13-16H2,1H3,(H2,30,36)(H,32,37). The molecule has 1 fully saturated rings. The number of aromatic nitrogens is 1. The van der Waals surface area contributed by atoms with Crippen molar-refractivity contribution >= 4 is 46.0 Å². The molecule has 0 spiro atoms. The van der Waals surface area contributed by atoms with Crippen molar-refractivity contribution < 1.29 is 14.0 Å². The van der Waals surface area contributed by atoms with E-state index in [-0.39, 0.29) is 5.56 Å². The van der Waals surface area contributed by atoms with Gasteiger partial charge in [0.2, 0.25) is 0 Å². The Morgan fingerprint density at radius 3 is 2.39 bits per heavy atom. The number of nitrogens with two attached hydrogens (primary N) is 1. The van der Waals surface area contributed by atoms with E-state index in [1.165, 1.54) is 18.2 Å². The Morgan fingerprint density at radius 2 is 1.68 bits per heavy atom. The third-order valence-corrected chi connectivity index (χ3v) is 7.45. The molecule has 0 unspecified atom stereocenters. The minimum absolute atomic E-state index is 0.0479. The fraction of sp³-hybridized carbons (Fsp3) is 0.179. The van der Waals surface area contributed by atoms with Gasteiger partial charge in [-0.25, -0.2) is 9.37 Å². The maximum absolute atomic E-state index is 14.0. The third-order valence-electron chi connectivity index (χ3n) is 6.34. The predicted octanol–water partition coefficient (Wildman–Crippen LogP) is 4.80. The van der Waals surface area contributed by atoms with Gasteiger partial charge >= 0.3 is 0 Å². The number of rotatable bonds is 7. The van der Waals surface area contributed by atoms with Gasteiger partial charge in [0.1, 0.15) is 15.7 Å². The molecule has 2 amide bonds. The maximum Gasteiger partial charge on any atom is 0.262 e. The molecule has 8 nitrogen and oxygen atoms in total. The van der Waals surface area contributed by atoms with Crippen molar-refractivity contribution in [2.24, 2.45) is 5.73 Å². The quantitative estimate of drug-likeness (QED) is 0.317. The number of halogens is 1. The number of amides is 2. The summed E-state index contributed by atoms with van der Waals surface area (Å²) in [6.45, 7) is 4.00. The van der Waals surface area contributed by atoms with E-state index in [9.17, 15) is 14.0 Å². The minimum atomic E-state index is -0.598. The second-order valence-corrected chi connectivity index (χ2v) is 10.0. The largest absolute Gasteiger partial charge is 0.369 e. The van der Waals surface area contributed by atoms with Crippen LogP contribution < -0.4 is 21.3 Å². The summed E-state index contributed by atoms with van der Waals surface area (Å²) >= 11 is 1.16. The van der Waals surface area contributed by atoms with E-state index < -0.39 is 17.6 Å². The maximum atomic E-state index is 14.0. The van der Waals surface area contributed by atoms with Crippen molar-refractivity contribution in [2.45, 2.75) is 0 Å². The summed E-state index contributed by atoms with van der Waals surface area (Å²) in [5.41, 5.74) is 8.69. The van der Waals surface area contributed by atoms with E-state index in [0.29, 0.717) is 27.0 Å². The molecule has 1 aliphatic rings. The van der Waals surface area contributed by atoms with Crippen LogP contribution in [0.25, 0.3) is 10.6 Å². The van der Waals surface area contributed by atoms with Crippen LogP contribution in [0.3, 0.4) is 0 Å². The molecular formula is C28H27FN6O2S. The molecule has 1 aliphatic heterocycles. The van der Waals surface area contributed by atoms with Crippen molar-refractivity contribution in [1.29, 1.82) is 0 Å². The van der Waals surface area contributed by atoms with Crippen molar-refractivity contribution in [2.75, 3.05) is 48.8 Å². The highest BCUT2D eigenvalue weighted by Gasteiger charge is 2.19. The Bertz CT molecular complexity index is 1460. The molecule has 194 valence electrons. The number of anilines is 4. The fourth-order valence-electron chi connectivity index (χ4n) is 4.23. The molecule has 0 atom stereocenters. The summed E-state index contributed by atoms with van der Waals surface area (Å²) in [5.74, 6) is -1.38. The van der Waals surface area contributed by atoms with Gasteiger partial charge in [-0.15, -0.1) is 11.3 Å². The van der Waals surface area contributed by atoms with Gasteiger partial charge < -0.3 is 26.2 Å². The van der Waals surface area contributed by atoms with E-state index in [1.807, 2.05) is 30.3 Å². The lowest BCUT2D eigenvalue weighted by atomic mass is 10.1. The first-order valence-corrected chi connectivity index (χ1v) is 13.0. The number of hydrogen-bond donors (Lipinski definition) is 3. The molecule has 10 heteroatoms. The van der Waals surface area contributed by atoms with Crippen molar-refractivity contribution in [1.82, 2.24) is 9.88 Å². The first kappa shape index (κ1) is 25.4. The van der Waals surface area contributed by atoms with E-state index in [1.54, 1.807) is 24.3 Å². The van der Waals surface area contributed by atoms with Crippen molar-refractivity contribution in [3.8, 4) is 10.6 Å². The molecule has 5 rings (SSSR count). The van der Waals surface area contributed by atoms with Gasteiger partial charge in [0, 0.05) is 48.8 Å². The van der Waals surface area contributed by atoms with Crippen LogP contribution in [0, 0.1) is 5.82 Å². The number of likely N-dealkylation sites (N-methyl/N-ethyl adjacent to an activating group) is 1. The first-order chi connectivity index (χ1) is 18.4. The molecular weight excluding hydrogens is 503 g/mol. The highest BCUT2D eigenvalue weighted by Crippen LogP contribution is 2.34. The Balaban J connectivity index is 1.34. The molecule has 1 aromatic heterocycles. The summed E-state index contributed by atoms with van der Waals surface area (Å²) < 4.78 is 14.0. The smallest absolute Gasteiger partial charge is 0.262 e. The summed E-state index contributed by atoms with van der Waals surface area (Å²) in [7, 11) is 2.13. The van der Waals surface area contributed by atoms with Crippen LogP contribution in [-0.2, 0) is 0 Å². The molecule has 38 heavy (non-hydrogen) atoms. The predicted molar refractivity (Wildman–Crippen MR) is 150 cm³/mol. The van der Waals surface area contributed by atoms with E-state index >= 15 is 0 Å². The number of hydrogen-bond acceptors (Lipinski definition) is 7. The molecule has 4 N–H and O–H groups in total. The number of nitrogens with one attached hydrogen (secondary N) is 2. The van der Waals surface area contributed by atoms with Crippen LogP contribution in [-0.4, -0.2) is 54.9 Å². The highest BCUT2D eigenvalue weighted by atomic mass is 32.1. The summed E-state index contributed by atoms with van der Waals surface area (Å²) in [6.07, 6.45) is 0. The second kappa shape index (κ2) is 11.0. The number of thiazole rings is 1. The van der Waals surface area contributed by atoms with E-state index in [2.05, 4.69) is 32.5 Å². The summed E-state index contributed by atoms with van der Waals surface area (Å²) in [5, 5.41) is 6.48. The lowest BCUT2D eigenvalue weighted by molar-refractivity contribution is 0.100. The van der Waals surface area contributed by atoms with E-state index in [4.69, 9.17) is 5.73 Å². The number of piperazine rings is 1. The highest BCUT2D eigenvalue weighted by molar-refractivity contribution is 7.17. The van der Waals surface area contributed by atoms with Crippen LogP contribution in [0.1, 0.15) is 20.0 Å². The average molecular weight is 531 g/mol. The van der Waals surface area contributed by atoms with Crippen LogP contribution in [0.5, 0.6) is 0 Å². The van der Waals surface area contributed by atoms with Crippen LogP contribution in [0.15, 0.2) is 72.8 Å². The lowest BCUT2D eigenvalue weighted by Gasteiger charge is -2.34. The zero-order valence-electron chi connectivity index (χ0n) is 20.8. The Labute approximate surface area is 223 Å².